The van der Waals surface area contributed by atoms with Crippen molar-refractivity contribution in [1.82, 2.24) is 4.72 Å². The number of alkyl halides is 6. The first-order valence-corrected chi connectivity index (χ1v) is 9.98. The number of rotatable bonds is 4. The Morgan fingerprint density at radius 1 is 1.00 bits per heavy atom. The molecule has 29 heavy (non-hydrogen) atoms. The molecule has 0 aliphatic rings. The van der Waals surface area contributed by atoms with E-state index >= 15 is 0 Å². The molecular weight excluding hydrogens is 491 g/mol. The van der Waals surface area contributed by atoms with Gasteiger partial charge in [-0.3, -0.25) is 4.72 Å². The molecule has 0 aliphatic carbocycles. The SMILES string of the molecule is CC(NS)(c1ccc(Cl)cc1)C(N)c1ccc(C(F)(F)F)cc1.OCC(Cl)(Cl)Cl. The largest absolute Gasteiger partial charge is 0.416 e. The summed E-state index contributed by atoms with van der Waals surface area (Å²) in [6, 6.07) is 11.2. The predicted molar refractivity (Wildman–Crippen MR) is 117 cm³/mol. The van der Waals surface area contributed by atoms with Gasteiger partial charge in [0, 0.05) is 5.02 Å². The van der Waals surface area contributed by atoms with E-state index in [0.717, 1.165) is 17.7 Å². The molecule has 0 spiro atoms. The van der Waals surface area contributed by atoms with Crippen LogP contribution in [0, 0.1) is 0 Å². The summed E-state index contributed by atoms with van der Waals surface area (Å²) >= 11 is 25.0. The number of thiol groups is 1. The second-order valence-electron chi connectivity index (χ2n) is 6.19. The van der Waals surface area contributed by atoms with Crippen LogP contribution < -0.4 is 10.5 Å². The van der Waals surface area contributed by atoms with Crippen LogP contribution in [0.5, 0.6) is 0 Å². The van der Waals surface area contributed by atoms with Crippen molar-refractivity contribution in [3.8, 4) is 0 Å². The summed E-state index contributed by atoms with van der Waals surface area (Å²) in [4.78, 5) is 0. The molecule has 0 radical (unpaired) electrons. The average molecular weight is 510 g/mol. The van der Waals surface area contributed by atoms with Crippen molar-refractivity contribution < 1.29 is 18.3 Å². The second-order valence-corrected chi connectivity index (χ2v) is 9.37. The molecule has 0 aromatic heterocycles. The van der Waals surface area contributed by atoms with Gasteiger partial charge >= 0.3 is 6.18 Å². The van der Waals surface area contributed by atoms with E-state index in [0.29, 0.717) is 10.6 Å². The molecule has 0 saturated carbocycles. The van der Waals surface area contributed by atoms with Gasteiger partial charge in [0.1, 0.15) is 0 Å². The van der Waals surface area contributed by atoms with Crippen LogP contribution in [0.4, 0.5) is 13.2 Å². The van der Waals surface area contributed by atoms with Crippen LogP contribution in [-0.4, -0.2) is 15.5 Å². The van der Waals surface area contributed by atoms with Crippen LogP contribution in [0.25, 0.3) is 0 Å². The highest BCUT2D eigenvalue weighted by Crippen LogP contribution is 2.36. The molecule has 0 heterocycles. The zero-order valence-corrected chi connectivity index (χ0v) is 18.9. The molecule has 2 atom stereocenters. The number of nitrogens with two attached hydrogens (primary N) is 1. The fourth-order valence-corrected chi connectivity index (χ4v) is 2.72. The smallest absolute Gasteiger partial charge is 0.392 e. The maximum Gasteiger partial charge on any atom is 0.416 e. The normalized spacial score (nSPS) is 15.1. The number of hydrogen-bond donors (Lipinski definition) is 4. The third-order valence-corrected chi connectivity index (χ3v) is 5.15. The molecule has 11 heteroatoms. The number of nitrogens with one attached hydrogen (secondary N) is 1. The monoisotopic (exact) mass is 508 g/mol. The van der Waals surface area contributed by atoms with E-state index in [1.165, 1.54) is 12.1 Å². The topological polar surface area (TPSA) is 58.3 Å². The quantitative estimate of drug-likeness (QED) is 0.299. The first-order chi connectivity index (χ1) is 13.2. The van der Waals surface area contributed by atoms with Gasteiger partial charge in [-0.25, -0.2) is 0 Å². The highest BCUT2D eigenvalue weighted by molar-refractivity contribution is 7.78. The Hall–Kier alpha value is -0.380. The molecule has 2 aromatic carbocycles. The number of benzene rings is 2. The van der Waals surface area contributed by atoms with Crippen molar-refractivity contribution in [2.45, 2.75) is 28.5 Å². The van der Waals surface area contributed by atoms with Crippen LogP contribution in [0.15, 0.2) is 48.5 Å². The number of aliphatic hydroxyl groups is 1. The molecule has 0 amide bonds. The molecule has 3 nitrogen and oxygen atoms in total. The Kier molecular flexibility index (Phi) is 9.90. The molecule has 0 saturated heterocycles. The Labute approximate surface area is 192 Å². The van der Waals surface area contributed by atoms with Gasteiger partial charge < -0.3 is 10.8 Å². The lowest BCUT2D eigenvalue weighted by Gasteiger charge is -2.35. The molecule has 0 bridgehead atoms. The average Bonchev–Trinajstić information content (AvgIpc) is 2.66. The van der Waals surface area contributed by atoms with Crippen LogP contribution in [0.3, 0.4) is 0 Å². The second kappa shape index (κ2) is 10.8. The Morgan fingerprint density at radius 2 is 1.41 bits per heavy atom. The lowest BCUT2D eigenvalue weighted by atomic mass is 9.82. The van der Waals surface area contributed by atoms with E-state index < -0.39 is 33.7 Å². The van der Waals surface area contributed by atoms with Gasteiger partial charge in [0.25, 0.3) is 0 Å². The maximum atomic E-state index is 12.7. The van der Waals surface area contributed by atoms with Gasteiger partial charge in [-0.1, -0.05) is 83.5 Å². The van der Waals surface area contributed by atoms with Gasteiger partial charge in [-0.15, -0.1) is 0 Å². The van der Waals surface area contributed by atoms with Crippen LogP contribution in [-0.2, 0) is 11.7 Å². The van der Waals surface area contributed by atoms with E-state index in [1.807, 2.05) is 6.92 Å². The minimum atomic E-state index is -4.37. The Bertz CT molecular complexity index is 771. The summed E-state index contributed by atoms with van der Waals surface area (Å²) in [6.45, 7) is 1.39. The maximum absolute atomic E-state index is 12.7. The van der Waals surface area contributed by atoms with Gasteiger partial charge in [-0.2, -0.15) is 13.2 Å². The third kappa shape index (κ3) is 7.99. The molecule has 2 aromatic rings. The van der Waals surface area contributed by atoms with Crippen LogP contribution in [0.2, 0.25) is 5.02 Å². The lowest BCUT2D eigenvalue weighted by Crippen LogP contribution is -2.44. The molecular formula is C18H19Cl4F3N2OS. The van der Waals surface area contributed by atoms with Gasteiger partial charge in [0.2, 0.25) is 3.79 Å². The zero-order chi connectivity index (χ0) is 22.5. The summed E-state index contributed by atoms with van der Waals surface area (Å²) in [5.74, 6) is 0. The highest BCUT2D eigenvalue weighted by Gasteiger charge is 2.35. The minimum Gasteiger partial charge on any atom is -0.392 e. The summed E-state index contributed by atoms with van der Waals surface area (Å²) in [7, 11) is 0. The van der Waals surface area contributed by atoms with E-state index in [-0.39, 0.29) is 0 Å². The summed E-state index contributed by atoms with van der Waals surface area (Å²) < 4.78 is 39.3. The van der Waals surface area contributed by atoms with Gasteiger partial charge in [0.05, 0.1) is 23.8 Å². The van der Waals surface area contributed by atoms with E-state index in [4.69, 9.17) is 57.2 Å². The molecule has 2 rings (SSSR count). The lowest BCUT2D eigenvalue weighted by molar-refractivity contribution is -0.137. The minimum absolute atomic E-state index is 0.433. The standard InChI is InChI=1S/C16H16ClF3N2S.C2H3Cl3O/c1-15(22-23,11-6-8-13(17)9-7-11)14(21)10-2-4-12(5-3-10)16(18,19)20;3-2(4,5)1-6/h2-9,14,22-23H,21H2,1H3;6H,1H2. The van der Waals surface area contributed by atoms with Crippen LogP contribution >= 0.6 is 59.2 Å². The fourth-order valence-electron chi connectivity index (χ4n) is 2.32. The van der Waals surface area contributed by atoms with Crippen molar-refractivity contribution in [2.24, 2.45) is 5.73 Å². The number of hydrogen-bond acceptors (Lipinski definition) is 4. The first kappa shape index (κ1) is 26.7. The van der Waals surface area contributed by atoms with Gasteiger partial charge in [-0.05, 0) is 42.3 Å². The Morgan fingerprint density at radius 3 is 1.76 bits per heavy atom. The van der Waals surface area contributed by atoms with Crippen molar-refractivity contribution in [1.29, 1.82) is 0 Å². The third-order valence-electron chi connectivity index (χ3n) is 4.07. The van der Waals surface area contributed by atoms with Crippen LogP contribution in [0.1, 0.15) is 29.7 Å². The van der Waals surface area contributed by atoms with Gasteiger partial charge in [0.15, 0.2) is 0 Å². The number of halogens is 7. The zero-order valence-electron chi connectivity index (χ0n) is 15.0. The van der Waals surface area contributed by atoms with E-state index in [9.17, 15) is 13.2 Å². The highest BCUT2D eigenvalue weighted by atomic mass is 35.6. The van der Waals surface area contributed by atoms with Crippen molar-refractivity contribution in [3.63, 3.8) is 0 Å². The summed E-state index contributed by atoms with van der Waals surface area (Å²) in [5.41, 5.74) is 6.19. The summed E-state index contributed by atoms with van der Waals surface area (Å²) in [5, 5.41) is 8.59. The molecule has 4 N–H and O–H groups in total. The predicted octanol–water partition coefficient (Wildman–Crippen LogP) is 6.06. The molecule has 2 unspecified atom stereocenters. The Balaban J connectivity index is 0.000000612. The van der Waals surface area contributed by atoms with Crippen molar-refractivity contribution in [3.05, 3.63) is 70.2 Å². The van der Waals surface area contributed by atoms with Crippen molar-refractivity contribution >= 4 is 59.2 Å². The molecule has 0 fully saturated rings. The fraction of sp³-hybridized carbons (Fsp3) is 0.333. The molecule has 162 valence electrons. The molecule has 0 aliphatic heterocycles. The number of aliphatic hydroxyl groups excluding tert-OH is 1. The summed E-state index contributed by atoms with van der Waals surface area (Å²) in [6.07, 6.45) is -4.37. The van der Waals surface area contributed by atoms with Crippen molar-refractivity contribution in [2.75, 3.05) is 6.61 Å². The first-order valence-electron chi connectivity index (χ1n) is 8.02. The van der Waals surface area contributed by atoms with E-state index in [1.54, 1.807) is 24.3 Å². The van der Waals surface area contributed by atoms with E-state index in [2.05, 4.69) is 17.5 Å².